The number of benzene rings is 1. The third-order valence-corrected chi connectivity index (χ3v) is 3.81. The molecule has 0 aliphatic heterocycles. The molecule has 0 unspecified atom stereocenters. The van der Waals surface area contributed by atoms with E-state index < -0.39 is 23.2 Å². The summed E-state index contributed by atoms with van der Waals surface area (Å²) in [4.78, 5) is 11.8. The first-order chi connectivity index (χ1) is 10.3. The van der Waals surface area contributed by atoms with Crippen LogP contribution in [0.2, 0.25) is 0 Å². The number of amides is 1. The number of hydrogen-bond donors (Lipinski definition) is 3. The molecule has 0 spiro atoms. The zero-order chi connectivity index (χ0) is 16.2. The SMILES string of the molecule is O=C(CC1(O)CCCCC1)NNc1cccc(C(F)(F)F)c1. The van der Waals surface area contributed by atoms with Crippen molar-refractivity contribution in [3.63, 3.8) is 0 Å². The van der Waals surface area contributed by atoms with Gasteiger partial charge in [-0.05, 0) is 31.0 Å². The molecule has 1 fully saturated rings. The first kappa shape index (κ1) is 16.6. The molecule has 0 heterocycles. The predicted octanol–water partition coefficient (Wildman–Crippen LogP) is 3.23. The molecule has 0 aromatic heterocycles. The number of carbonyl (C=O) groups excluding carboxylic acids is 1. The van der Waals surface area contributed by atoms with Crippen molar-refractivity contribution in [1.82, 2.24) is 5.43 Å². The van der Waals surface area contributed by atoms with E-state index in [-0.39, 0.29) is 12.1 Å². The van der Waals surface area contributed by atoms with Crippen LogP contribution in [0.15, 0.2) is 24.3 Å². The van der Waals surface area contributed by atoms with E-state index in [4.69, 9.17) is 0 Å². The van der Waals surface area contributed by atoms with Gasteiger partial charge in [-0.25, -0.2) is 0 Å². The van der Waals surface area contributed by atoms with Gasteiger partial charge >= 0.3 is 6.18 Å². The first-order valence-corrected chi connectivity index (χ1v) is 7.23. The highest BCUT2D eigenvalue weighted by Gasteiger charge is 2.32. The topological polar surface area (TPSA) is 61.4 Å². The van der Waals surface area contributed by atoms with Gasteiger partial charge in [-0.3, -0.25) is 15.6 Å². The fourth-order valence-corrected chi connectivity index (χ4v) is 2.64. The number of halogens is 3. The summed E-state index contributed by atoms with van der Waals surface area (Å²) in [5.41, 5.74) is 3.13. The van der Waals surface area contributed by atoms with Crippen molar-refractivity contribution >= 4 is 11.6 Å². The molecule has 1 aliphatic carbocycles. The van der Waals surface area contributed by atoms with Crippen LogP contribution in [-0.2, 0) is 11.0 Å². The third kappa shape index (κ3) is 4.62. The summed E-state index contributed by atoms with van der Waals surface area (Å²) in [5, 5.41) is 10.3. The van der Waals surface area contributed by atoms with Crippen LogP contribution in [-0.4, -0.2) is 16.6 Å². The second-order valence-corrected chi connectivity index (χ2v) is 5.71. The molecule has 1 aromatic rings. The Balaban J connectivity index is 1.88. The molecule has 0 atom stereocenters. The minimum Gasteiger partial charge on any atom is -0.389 e. The Labute approximate surface area is 126 Å². The standard InChI is InChI=1S/C15H19F3N2O2/c16-15(17,18)11-5-4-6-12(9-11)19-20-13(21)10-14(22)7-2-1-3-8-14/h4-6,9,19,22H,1-3,7-8,10H2,(H,20,21). The van der Waals surface area contributed by atoms with Crippen LogP contribution in [0.1, 0.15) is 44.1 Å². The average molecular weight is 316 g/mol. The minimum absolute atomic E-state index is 0.0566. The molecule has 7 heteroatoms. The van der Waals surface area contributed by atoms with E-state index in [2.05, 4.69) is 10.9 Å². The van der Waals surface area contributed by atoms with Gasteiger partial charge in [0.2, 0.25) is 5.91 Å². The lowest BCUT2D eigenvalue weighted by Crippen LogP contribution is -2.40. The number of rotatable bonds is 4. The maximum atomic E-state index is 12.6. The molecule has 0 saturated heterocycles. The fourth-order valence-electron chi connectivity index (χ4n) is 2.64. The van der Waals surface area contributed by atoms with E-state index >= 15 is 0 Å². The van der Waals surface area contributed by atoms with Gasteiger partial charge in [-0.2, -0.15) is 13.2 Å². The van der Waals surface area contributed by atoms with Crippen molar-refractivity contribution in [3.05, 3.63) is 29.8 Å². The van der Waals surface area contributed by atoms with Crippen molar-refractivity contribution in [2.75, 3.05) is 5.43 Å². The summed E-state index contributed by atoms with van der Waals surface area (Å²) in [6.45, 7) is 0. The molecule has 22 heavy (non-hydrogen) atoms. The van der Waals surface area contributed by atoms with Gasteiger partial charge in [0.15, 0.2) is 0 Å². The number of alkyl halides is 3. The van der Waals surface area contributed by atoms with E-state index in [0.29, 0.717) is 12.8 Å². The molecule has 0 radical (unpaired) electrons. The molecule has 2 rings (SSSR count). The molecule has 0 bridgehead atoms. The van der Waals surface area contributed by atoms with Crippen molar-refractivity contribution in [2.24, 2.45) is 0 Å². The number of anilines is 1. The lowest BCUT2D eigenvalue weighted by Gasteiger charge is -2.31. The Morgan fingerprint density at radius 3 is 2.55 bits per heavy atom. The molecule has 1 amide bonds. The van der Waals surface area contributed by atoms with Crippen LogP contribution < -0.4 is 10.9 Å². The lowest BCUT2D eigenvalue weighted by molar-refractivity contribution is -0.137. The van der Waals surface area contributed by atoms with Gasteiger partial charge in [0, 0.05) is 0 Å². The quantitative estimate of drug-likeness (QED) is 0.747. The van der Waals surface area contributed by atoms with Crippen LogP contribution in [0.5, 0.6) is 0 Å². The zero-order valence-corrected chi connectivity index (χ0v) is 12.0. The molecule has 1 aliphatic rings. The highest BCUT2D eigenvalue weighted by molar-refractivity contribution is 5.78. The largest absolute Gasteiger partial charge is 0.416 e. The summed E-state index contributed by atoms with van der Waals surface area (Å²) >= 11 is 0. The van der Waals surface area contributed by atoms with Crippen LogP contribution >= 0.6 is 0 Å². The molecule has 1 aromatic carbocycles. The highest BCUT2D eigenvalue weighted by Crippen LogP contribution is 2.31. The fraction of sp³-hybridized carbons (Fsp3) is 0.533. The predicted molar refractivity (Wildman–Crippen MR) is 75.9 cm³/mol. The van der Waals surface area contributed by atoms with Crippen LogP contribution in [0.25, 0.3) is 0 Å². The van der Waals surface area contributed by atoms with E-state index in [1.807, 2.05) is 0 Å². The Morgan fingerprint density at radius 2 is 1.91 bits per heavy atom. The summed E-state index contributed by atoms with van der Waals surface area (Å²) in [5.74, 6) is -0.443. The van der Waals surface area contributed by atoms with Gasteiger partial charge in [0.05, 0.1) is 23.3 Å². The number of carbonyl (C=O) groups is 1. The molecule has 4 nitrogen and oxygen atoms in total. The first-order valence-electron chi connectivity index (χ1n) is 7.23. The molecule has 122 valence electrons. The highest BCUT2D eigenvalue weighted by atomic mass is 19.4. The van der Waals surface area contributed by atoms with Gasteiger partial charge in [0.1, 0.15) is 0 Å². The second-order valence-electron chi connectivity index (χ2n) is 5.71. The van der Waals surface area contributed by atoms with Crippen molar-refractivity contribution in [3.8, 4) is 0 Å². The number of aliphatic hydroxyl groups is 1. The maximum Gasteiger partial charge on any atom is 0.416 e. The second kappa shape index (κ2) is 6.56. The summed E-state index contributed by atoms with van der Waals surface area (Å²) in [6, 6.07) is 4.55. The number of hydrazine groups is 1. The van der Waals surface area contributed by atoms with Crippen molar-refractivity contribution in [1.29, 1.82) is 0 Å². The summed E-state index contributed by atoms with van der Waals surface area (Å²) in [6.07, 6.45) is -0.534. The zero-order valence-electron chi connectivity index (χ0n) is 12.0. The Hall–Kier alpha value is -1.76. The van der Waals surface area contributed by atoms with E-state index in [0.717, 1.165) is 31.4 Å². The van der Waals surface area contributed by atoms with E-state index in [1.165, 1.54) is 12.1 Å². The van der Waals surface area contributed by atoms with Gasteiger partial charge in [-0.1, -0.05) is 25.3 Å². The van der Waals surface area contributed by atoms with Crippen LogP contribution in [0.4, 0.5) is 18.9 Å². The molecule has 1 saturated carbocycles. The summed E-state index contributed by atoms with van der Waals surface area (Å²) < 4.78 is 37.7. The van der Waals surface area contributed by atoms with Gasteiger partial charge < -0.3 is 5.11 Å². The smallest absolute Gasteiger partial charge is 0.389 e. The maximum absolute atomic E-state index is 12.6. The number of hydrogen-bond acceptors (Lipinski definition) is 3. The Kier molecular flexibility index (Phi) is 4.95. The molecule has 3 N–H and O–H groups in total. The van der Waals surface area contributed by atoms with Crippen LogP contribution in [0.3, 0.4) is 0 Å². The van der Waals surface area contributed by atoms with Crippen molar-refractivity contribution in [2.45, 2.75) is 50.3 Å². The van der Waals surface area contributed by atoms with Crippen LogP contribution in [0, 0.1) is 0 Å². The molecular weight excluding hydrogens is 297 g/mol. The molecular formula is C15H19F3N2O2. The summed E-state index contributed by atoms with van der Waals surface area (Å²) in [7, 11) is 0. The Bertz CT molecular complexity index is 526. The monoisotopic (exact) mass is 316 g/mol. The average Bonchev–Trinajstić information content (AvgIpc) is 2.45. The Morgan fingerprint density at radius 1 is 1.23 bits per heavy atom. The van der Waals surface area contributed by atoms with E-state index in [1.54, 1.807) is 0 Å². The van der Waals surface area contributed by atoms with Gasteiger partial charge in [0.25, 0.3) is 0 Å². The lowest BCUT2D eigenvalue weighted by atomic mass is 9.82. The minimum atomic E-state index is -4.43. The normalized spacial score (nSPS) is 17.8. The van der Waals surface area contributed by atoms with Crippen molar-refractivity contribution < 1.29 is 23.1 Å². The number of nitrogens with one attached hydrogen (secondary N) is 2. The van der Waals surface area contributed by atoms with Gasteiger partial charge in [-0.15, -0.1) is 0 Å². The van der Waals surface area contributed by atoms with E-state index in [9.17, 15) is 23.1 Å². The third-order valence-electron chi connectivity index (χ3n) is 3.81.